The van der Waals surface area contributed by atoms with Crippen molar-refractivity contribution >= 4 is 5.91 Å². The average Bonchev–Trinajstić information content (AvgIpc) is 1.35. The molecule has 0 radical (unpaired) electrons. The molecule has 0 aliphatic rings. The van der Waals surface area contributed by atoms with Crippen LogP contribution in [0.25, 0.3) is 0 Å². The van der Waals surface area contributed by atoms with E-state index in [9.17, 15) is 4.79 Å². The van der Waals surface area contributed by atoms with Crippen molar-refractivity contribution in [2.45, 2.75) is 6.92 Å². The molecule has 2 N–H and O–H groups in total. The molecule has 0 saturated carbocycles. The fourth-order valence-corrected chi connectivity index (χ4v) is 0.164. The molecule has 0 aromatic rings. The van der Waals surface area contributed by atoms with Crippen molar-refractivity contribution in [2.75, 3.05) is 0 Å². The smallest absolute Gasteiger partial charge is 0.241 e. The van der Waals surface area contributed by atoms with E-state index in [0.29, 0.717) is 0 Å². The van der Waals surface area contributed by atoms with Gasteiger partial charge in [-0.25, -0.2) is 0 Å². The average molecular weight is 105 g/mol. The summed E-state index contributed by atoms with van der Waals surface area (Å²) in [6.07, 6.45) is 2.91. The van der Waals surface area contributed by atoms with E-state index in [4.69, 9.17) is 0 Å². The Hall–Kier alpha value is -0.860. The normalized spacial score (nSPS) is 8.14. The molecular formula is C4H8FNO. The number of primary amides is 1. The predicted octanol–water partition coefficient (Wildman–Crippen LogP) is 0.200. The van der Waals surface area contributed by atoms with Crippen molar-refractivity contribution in [3.8, 4) is 0 Å². The van der Waals surface area contributed by atoms with Crippen LogP contribution in [0, 0.1) is 0 Å². The van der Waals surface area contributed by atoms with E-state index in [0.717, 1.165) is 0 Å². The number of hydrogen-bond acceptors (Lipinski definition) is 1. The van der Waals surface area contributed by atoms with Gasteiger partial charge in [0.15, 0.2) is 0 Å². The quantitative estimate of drug-likeness (QED) is 0.475. The lowest BCUT2D eigenvalue weighted by molar-refractivity contribution is -0.113. The second-order valence-electron chi connectivity index (χ2n) is 0.902. The lowest BCUT2D eigenvalue weighted by Crippen LogP contribution is -2.04. The second-order valence-corrected chi connectivity index (χ2v) is 0.902. The zero-order valence-electron chi connectivity index (χ0n) is 4.05. The van der Waals surface area contributed by atoms with Crippen molar-refractivity contribution in [1.29, 1.82) is 0 Å². The summed E-state index contributed by atoms with van der Waals surface area (Å²) in [5.74, 6) is -0.391. The first-order chi connectivity index (χ1) is 2.77. The highest BCUT2D eigenvalue weighted by molar-refractivity contribution is 5.85. The lowest BCUT2D eigenvalue weighted by atomic mass is 10.5. The van der Waals surface area contributed by atoms with Crippen molar-refractivity contribution in [3.63, 3.8) is 0 Å². The third-order valence-electron chi connectivity index (χ3n) is 0.331. The van der Waals surface area contributed by atoms with E-state index in [2.05, 4.69) is 5.73 Å². The lowest BCUT2D eigenvalue weighted by Gasteiger charge is -1.70. The molecule has 0 bridgehead atoms. The fraction of sp³-hybridized carbons (Fsp3) is 0.250. The third-order valence-corrected chi connectivity index (χ3v) is 0.331. The van der Waals surface area contributed by atoms with Gasteiger partial charge < -0.3 is 5.73 Å². The van der Waals surface area contributed by atoms with Gasteiger partial charge in [0.1, 0.15) is 0 Å². The van der Waals surface area contributed by atoms with E-state index >= 15 is 0 Å². The van der Waals surface area contributed by atoms with Crippen LogP contribution in [0.2, 0.25) is 0 Å². The van der Waals surface area contributed by atoms with Gasteiger partial charge >= 0.3 is 0 Å². The van der Waals surface area contributed by atoms with Gasteiger partial charge in [-0.3, -0.25) is 9.50 Å². The fourth-order valence-electron chi connectivity index (χ4n) is 0.164. The highest BCUT2D eigenvalue weighted by atomic mass is 19.0. The van der Waals surface area contributed by atoms with Gasteiger partial charge in [0, 0.05) is 0 Å². The van der Waals surface area contributed by atoms with Gasteiger partial charge in [0.2, 0.25) is 5.91 Å². The topological polar surface area (TPSA) is 43.1 Å². The van der Waals surface area contributed by atoms with Crippen molar-refractivity contribution in [2.24, 2.45) is 5.73 Å². The summed E-state index contributed by atoms with van der Waals surface area (Å²) in [6, 6.07) is 0. The zero-order chi connectivity index (χ0) is 4.99. The molecule has 3 heteroatoms. The molecule has 0 atom stereocenters. The van der Waals surface area contributed by atoms with Gasteiger partial charge in [0.25, 0.3) is 0 Å². The maximum absolute atomic E-state index is 9.73. The zero-order valence-corrected chi connectivity index (χ0v) is 4.05. The molecule has 2 nitrogen and oxygen atoms in total. The van der Waals surface area contributed by atoms with Crippen LogP contribution in [-0.4, -0.2) is 5.91 Å². The molecule has 0 fully saturated rings. The highest BCUT2D eigenvalue weighted by Gasteiger charge is 1.73. The SMILES string of the molecule is CC=CC(N)=O.F. The molecule has 0 saturated heterocycles. The maximum Gasteiger partial charge on any atom is 0.241 e. The molecule has 0 aromatic carbocycles. The maximum atomic E-state index is 9.73. The Labute approximate surface area is 41.4 Å². The molecule has 42 valence electrons. The Morgan fingerprint density at radius 2 is 2.14 bits per heavy atom. The minimum atomic E-state index is -0.391. The van der Waals surface area contributed by atoms with Crippen LogP contribution < -0.4 is 5.73 Å². The highest BCUT2D eigenvalue weighted by Crippen LogP contribution is 1.62. The van der Waals surface area contributed by atoms with Gasteiger partial charge in [-0.2, -0.15) is 0 Å². The van der Waals surface area contributed by atoms with Crippen molar-refractivity contribution in [1.82, 2.24) is 0 Å². The first kappa shape index (κ1) is 9.46. The van der Waals surface area contributed by atoms with E-state index in [1.807, 2.05) is 0 Å². The monoisotopic (exact) mass is 105 g/mol. The second kappa shape index (κ2) is 5.14. The first-order valence-corrected chi connectivity index (χ1v) is 1.69. The van der Waals surface area contributed by atoms with Gasteiger partial charge in [-0.1, -0.05) is 6.08 Å². The Kier molecular flexibility index (Phi) is 6.95. The van der Waals surface area contributed by atoms with Crippen LogP contribution in [0.1, 0.15) is 6.92 Å². The molecule has 0 spiro atoms. The summed E-state index contributed by atoms with van der Waals surface area (Å²) in [6.45, 7) is 1.74. The Morgan fingerprint density at radius 1 is 1.71 bits per heavy atom. The van der Waals surface area contributed by atoms with Gasteiger partial charge in [0.05, 0.1) is 0 Å². The minimum absolute atomic E-state index is 0. The predicted molar refractivity (Wildman–Crippen MR) is 26.5 cm³/mol. The Bertz CT molecular complexity index is 79.8. The number of carbonyl (C=O) groups excluding carboxylic acids is 1. The number of carbonyl (C=O) groups is 1. The van der Waals surface area contributed by atoms with Crippen molar-refractivity contribution < 1.29 is 9.50 Å². The standard InChI is InChI=1S/C4H7NO.FH/c1-2-3-4(5)6;/h2-3H,1H3,(H2,5,6);1H. The van der Waals surface area contributed by atoms with Crippen LogP contribution >= 0.6 is 0 Å². The van der Waals surface area contributed by atoms with Crippen LogP contribution in [0.4, 0.5) is 4.70 Å². The molecule has 7 heavy (non-hydrogen) atoms. The molecule has 0 heterocycles. The molecule has 0 aliphatic carbocycles. The molecule has 0 rings (SSSR count). The Morgan fingerprint density at radius 3 is 2.14 bits per heavy atom. The first-order valence-electron chi connectivity index (χ1n) is 1.69. The number of halogens is 1. The molecule has 0 aromatic heterocycles. The Balaban J connectivity index is 0. The number of allylic oxidation sites excluding steroid dienone is 1. The summed E-state index contributed by atoms with van der Waals surface area (Å²) in [5, 5.41) is 0. The number of hydrogen-bond donors (Lipinski definition) is 1. The number of amides is 1. The summed E-state index contributed by atoms with van der Waals surface area (Å²) < 4.78 is 0. The van der Waals surface area contributed by atoms with Gasteiger partial charge in [-0.05, 0) is 13.0 Å². The summed E-state index contributed by atoms with van der Waals surface area (Å²) in [5.41, 5.74) is 4.68. The molecular weight excluding hydrogens is 97.0 g/mol. The van der Waals surface area contributed by atoms with E-state index in [1.54, 1.807) is 13.0 Å². The van der Waals surface area contributed by atoms with E-state index in [1.165, 1.54) is 6.08 Å². The summed E-state index contributed by atoms with van der Waals surface area (Å²) in [7, 11) is 0. The van der Waals surface area contributed by atoms with Crippen LogP contribution in [0.15, 0.2) is 12.2 Å². The number of rotatable bonds is 1. The number of nitrogens with two attached hydrogens (primary N) is 1. The molecule has 1 amide bonds. The van der Waals surface area contributed by atoms with Crippen LogP contribution in [0.5, 0.6) is 0 Å². The van der Waals surface area contributed by atoms with E-state index in [-0.39, 0.29) is 4.70 Å². The third kappa shape index (κ3) is 11.1. The van der Waals surface area contributed by atoms with Crippen LogP contribution in [0.3, 0.4) is 0 Å². The largest absolute Gasteiger partial charge is 0.366 e. The minimum Gasteiger partial charge on any atom is -0.366 e. The van der Waals surface area contributed by atoms with Crippen LogP contribution in [-0.2, 0) is 4.79 Å². The van der Waals surface area contributed by atoms with Gasteiger partial charge in [-0.15, -0.1) is 0 Å². The molecule has 0 unspecified atom stereocenters. The summed E-state index contributed by atoms with van der Waals surface area (Å²) >= 11 is 0. The van der Waals surface area contributed by atoms with E-state index < -0.39 is 5.91 Å². The van der Waals surface area contributed by atoms with Crippen molar-refractivity contribution in [3.05, 3.63) is 12.2 Å². The molecule has 0 aliphatic heterocycles. The summed E-state index contributed by atoms with van der Waals surface area (Å²) in [4.78, 5) is 9.73.